The minimum Gasteiger partial charge on any atom is -0.496 e. The number of aryl methyl sites for hydroxylation is 1. The first-order chi connectivity index (χ1) is 19.9. The summed E-state index contributed by atoms with van der Waals surface area (Å²) in [4.78, 5) is 13.2. The average Bonchev–Trinajstić information content (AvgIpc) is 3.76. The van der Waals surface area contributed by atoms with Crippen molar-refractivity contribution in [3.63, 3.8) is 0 Å². The molecule has 6 rings (SSSR count). The fraction of sp³-hybridized carbons (Fsp3) is 0.276. The van der Waals surface area contributed by atoms with Crippen LogP contribution in [0.3, 0.4) is 0 Å². The zero-order chi connectivity index (χ0) is 28.7. The SMILES string of the molecule is CCc1sc(-c2ccc(C(O)N(C)C)cc2)nc1COc1cc(OC)cc2oc(-c3cn4nc(OC)sc4n3)cc12. The van der Waals surface area contributed by atoms with Crippen LogP contribution in [0.15, 0.2) is 53.1 Å². The second kappa shape index (κ2) is 11.1. The second-order valence-corrected chi connectivity index (χ2v) is 11.6. The van der Waals surface area contributed by atoms with Gasteiger partial charge in [-0.05, 0) is 43.5 Å². The van der Waals surface area contributed by atoms with Gasteiger partial charge in [-0.15, -0.1) is 16.4 Å². The number of aliphatic hydroxyl groups excluding tert-OH is 1. The summed E-state index contributed by atoms with van der Waals surface area (Å²) in [5.74, 6) is 1.86. The minimum absolute atomic E-state index is 0.295. The number of benzene rings is 2. The van der Waals surface area contributed by atoms with E-state index in [1.807, 2.05) is 62.8 Å². The number of hydrogen-bond donors (Lipinski definition) is 1. The molecule has 6 aromatic rings. The molecule has 10 nitrogen and oxygen atoms in total. The lowest BCUT2D eigenvalue weighted by Crippen LogP contribution is -2.18. The van der Waals surface area contributed by atoms with Crippen LogP contribution >= 0.6 is 22.7 Å². The van der Waals surface area contributed by atoms with Gasteiger partial charge in [-0.25, -0.2) is 14.5 Å². The number of thiazole rings is 1. The first-order valence-corrected chi connectivity index (χ1v) is 14.6. The van der Waals surface area contributed by atoms with Crippen molar-refractivity contribution < 1.29 is 23.7 Å². The van der Waals surface area contributed by atoms with E-state index in [-0.39, 0.29) is 0 Å². The molecule has 0 saturated carbocycles. The van der Waals surface area contributed by atoms with Crippen molar-refractivity contribution >= 4 is 38.6 Å². The van der Waals surface area contributed by atoms with Crippen LogP contribution in [0.2, 0.25) is 0 Å². The molecule has 212 valence electrons. The number of methoxy groups -OCH3 is 2. The highest BCUT2D eigenvalue weighted by atomic mass is 32.1. The Kier molecular flexibility index (Phi) is 7.39. The standard InChI is InChI=1S/C29H29N5O5S2/c1-6-25-21(30-26(40-25)16-7-9-17(10-8-16)27(35)33(2)3)15-38-22-11-18(36-4)12-23-19(22)13-24(39-23)20-14-34-28(31-20)41-29(32-34)37-5/h7-14,27,35H,6,15H2,1-5H3. The van der Waals surface area contributed by atoms with Crippen molar-refractivity contribution in [2.75, 3.05) is 28.3 Å². The fourth-order valence-corrected chi connectivity index (χ4v) is 6.18. The van der Waals surface area contributed by atoms with Crippen LogP contribution in [0.5, 0.6) is 16.7 Å². The molecule has 0 aliphatic carbocycles. The summed E-state index contributed by atoms with van der Waals surface area (Å²) in [7, 11) is 6.88. The Hall–Kier alpha value is -3.97. The third kappa shape index (κ3) is 5.26. The van der Waals surface area contributed by atoms with Gasteiger partial charge in [-0.1, -0.05) is 31.2 Å². The average molecular weight is 592 g/mol. The van der Waals surface area contributed by atoms with Gasteiger partial charge < -0.3 is 23.7 Å². The van der Waals surface area contributed by atoms with Gasteiger partial charge in [-0.3, -0.25) is 4.90 Å². The number of aliphatic hydroxyl groups is 1. The van der Waals surface area contributed by atoms with Crippen LogP contribution in [0, 0.1) is 0 Å². The van der Waals surface area contributed by atoms with Gasteiger partial charge >= 0.3 is 0 Å². The molecule has 0 spiro atoms. The molecule has 1 atom stereocenters. The summed E-state index contributed by atoms with van der Waals surface area (Å²) in [5, 5.41) is 16.9. The molecule has 12 heteroatoms. The summed E-state index contributed by atoms with van der Waals surface area (Å²) in [6.07, 6.45) is 2.00. The van der Waals surface area contributed by atoms with E-state index in [1.165, 1.54) is 11.3 Å². The quantitative estimate of drug-likeness (QED) is 0.191. The van der Waals surface area contributed by atoms with Crippen molar-refractivity contribution in [3.05, 3.63) is 64.8 Å². The number of fused-ring (bicyclic) bond motifs is 2. The van der Waals surface area contributed by atoms with Gasteiger partial charge in [-0.2, -0.15) is 0 Å². The van der Waals surface area contributed by atoms with Gasteiger partial charge in [0.15, 0.2) is 5.76 Å². The van der Waals surface area contributed by atoms with Crippen molar-refractivity contribution in [2.45, 2.75) is 26.2 Å². The van der Waals surface area contributed by atoms with Crippen LogP contribution in [0.25, 0.3) is 38.0 Å². The number of ether oxygens (including phenoxy) is 3. The van der Waals surface area contributed by atoms with E-state index < -0.39 is 6.23 Å². The molecule has 1 N–H and O–H groups in total. The monoisotopic (exact) mass is 591 g/mol. The molecule has 2 aromatic carbocycles. The Morgan fingerprint density at radius 2 is 1.85 bits per heavy atom. The van der Waals surface area contributed by atoms with Crippen LogP contribution in [-0.4, -0.2) is 57.9 Å². The first-order valence-electron chi connectivity index (χ1n) is 12.9. The molecule has 0 aliphatic rings. The van der Waals surface area contributed by atoms with Crippen LogP contribution in [-0.2, 0) is 13.0 Å². The van der Waals surface area contributed by atoms with E-state index in [2.05, 4.69) is 17.0 Å². The first kappa shape index (κ1) is 27.2. The number of hydrogen-bond acceptors (Lipinski definition) is 11. The normalized spacial score (nSPS) is 12.5. The Balaban J connectivity index is 1.27. The number of furan rings is 1. The van der Waals surface area contributed by atoms with Crippen molar-refractivity contribution in [1.29, 1.82) is 0 Å². The van der Waals surface area contributed by atoms with Gasteiger partial charge in [0, 0.05) is 22.6 Å². The lowest BCUT2D eigenvalue weighted by molar-refractivity contribution is 0.0395. The molecular formula is C29H29N5O5S2. The molecule has 0 amide bonds. The summed E-state index contributed by atoms with van der Waals surface area (Å²) in [6.45, 7) is 2.41. The molecule has 0 fully saturated rings. The van der Waals surface area contributed by atoms with Crippen molar-refractivity contribution in [1.82, 2.24) is 24.5 Å². The minimum atomic E-state index is -0.649. The van der Waals surface area contributed by atoms with Crippen LogP contribution < -0.4 is 14.2 Å². The lowest BCUT2D eigenvalue weighted by Gasteiger charge is -2.18. The van der Waals surface area contributed by atoms with Crippen LogP contribution in [0.1, 0.15) is 29.3 Å². The Labute approximate surface area is 244 Å². The molecule has 0 radical (unpaired) electrons. The lowest BCUT2D eigenvalue weighted by atomic mass is 10.1. The highest BCUT2D eigenvalue weighted by Gasteiger charge is 2.19. The third-order valence-electron chi connectivity index (χ3n) is 6.67. The predicted molar refractivity (Wildman–Crippen MR) is 159 cm³/mol. The number of nitrogens with zero attached hydrogens (tertiary/aromatic N) is 5. The van der Waals surface area contributed by atoms with Gasteiger partial charge in [0.1, 0.15) is 40.6 Å². The second-order valence-electron chi connectivity index (χ2n) is 9.56. The summed E-state index contributed by atoms with van der Waals surface area (Å²) < 4.78 is 24.9. The summed E-state index contributed by atoms with van der Waals surface area (Å²) >= 11 is 3.01. The predicted octanol–water partition coefficient (Wildman–Crippen LogP) is 6.04. The maximum Gasteiger partial charge on any atom is 0.294 e. The number of aromatic nitrogens is 4. The van der Waals surface area contributed by atoms with Crippen molar-refractivity contribution in [3.8, 4) is 38.7 Å². The van der Waals surface area contributed by atoms with E-state index in [4.69, 9.17) is 23.6 Å². The topological polar surface area (TPSA) is 107 Å². The molecule has 0 saturated heterocycles. The molecule has 4 heterocycles. The molecule has 41 heavy (non-hydrogen) atoms. The third-order valence-corrected chi connectivity index (χ3v) is 8.84. The van der Waals surface area contributed by atoms with E-state index in [0.717, 1.165) is 38.5 Å². The van der Waals surface area contributed by atoms with Gasteiger partial charge in [0.2, 0.25) is 4.96 Å². The van der Waals surface area contributed by atoms with E-state index >= 15 is 0 Å². The smallest absolute Gasteiger partial charge is 0.294 e. The zero-order valence-electron chi connectivity index (χ0n) is 23.2. The highest BCUT2D eigenvalue weighted by Crippen LogP contribution is 2.38. The molecular weight excluding hydrogens is 562 g/mol. The fourth-order valence-electron chi connectivity index (χ4n) is 4.47. The maximum atomic E-state index is 10.3. The Morgan fingerprint density at radius 1 is 1.05 bits per heavy atom. The molecule has 1 unspecified atom stereocenters. The molecule has 0 aliphatic heterocycles. The number of rotatable bonds is 10. The summed E-state index contributed by atoms with van der Waals surface area (Å²) in [6, 6.07) is 13.5. The van der Waals surface area contributed by atoms with E-state index in [0.29, 0.717) is 45.3 Å². The van der Waals surface area contributed by atoms with E-state index in [1.54, 1.807) is 35.0 Å². The van der Waals surface area contributed by atoms with Gasteiger partial charge in [0.25, 0.3) is 5.19 Å². The zero-order valence-corrected chi connectivity index (χ0v) is 24.9. The van der Waals surface area contributed by atoms with E-state index in [9.17, 15) is 5.11 Å². The molecule has 4 aromatic heterocycles. The Morgan fingerprint density at radius 3 is 2.54 bits per heavy atom. The molecule has 0 bridgehead atoms. The highest BCUT2D eigenvalue weighted by molar-refractivity contribution is 7.18. The summed E-state index contributed by atoms with van der Waals surface area (Å²) in [5.41, 5.74) is 4.02. The van der Waals surface area contributed by atoms with Gasteiger partial charge in [0.05, 0.1) is 31.5 Å². The Bertz CT molecular complexity index is 1790. The maximum absolute atomic E-state index is 10.3. The van der Waals surface area contributed by atoms with Crippen LogP contribution in [0.4, 0.5) is 0 Å². The van der Waals surface area contributed by atoms with Crippen molar-refractivity contribution in [2.24, 2.45) is 0 Å². The largest absolute Gasteiger partial charge is 0.496 e. The number of imidazole rings is 1.